The Hall–Kier alpha value is -2.24. The Labute approximate surface area is 178 Å². The molecule has 1 saturated heterocycles. The number of nitrogens with one attached hydrogen (secondary N) is 1. The number of Topliss-reactive ketones (excluding diaryl/α,β-unsaturated/α-hetero) is 1. The van der Waals surface area contributed by atoms with Crippen LogP contribution in [0.1, 0.15) is 39.7 Å². The van der Waals surface area contributed by atoms with Gasteiger partial charge in [-0.05, 0) is 37.2 Å². The van der Waals surface area contributed by atoms with Crippen LogP contribution in [0.3, 0.4) is 0 Å². The number of ketones is 1. The van der Waals surface area contributed by atoms with Crippen molar-refractivity contribution in [3.63, 3.8) is 0 Å². The highest BCUT2D eigenvalue weighted by molar-refractivity contribution is 6.11. The summed E-state index contributed by atoms with van der Waals surface area (Å²) in [5, 5.41) is 22.7. The summed E-state index contributed by atoms with van der Waals surface area (Å²) < 4.78 is 0. The second-order valence-electron chi connectivity index (χ2n) is 8.98. The second-order valence-corrected chi connectivity index (χ2v) is 8.98. The van der Waals surface area contributed by atoms with E-state index in [4.69, 9.17) is 0 Å². The third-order valence-electron chi connectivity index (χ3n) is 6.82. The van der Waals surface area contributed by atoms with Crippen molar-refractivity contribution in [3.05, 3.63) is 59.2 Å². The Balaban J connectivity index is 1.87. The number of aliphatic hydroxyl groups is 2. The summed E-state index contributed by atoms with van der Waals surface area (Å²) in [7, 11) is 0. The third kappa shape index (κ3) is 4.42. The van der Waals surface area contributed by atoms with Crippen LogP contribution in [0.25, 0.3) is 0 Å². The van der Waals surface area contributed by atoms with Gasteiger partial charge < -0.3 is 15.5 Å². The summed E-state index contributed by atoms with van der Waals surface area (Å²) in [6.45, 7) is 7.42. The first-order valence-electron chi connectivity index (χ1n) is 10.9. The van der Waals surface area contributed by atoms with Crippen molar-refractivity contribution < 1.29 is 19.8 Å². The van der Waals surface area contributed by atoms with Gasteiger partial charge in [0.2, 0.25) is 5.91 Å². The number of rotatable bonds is 7. The summed E-state index contributed by atoms with van der Waals surface area (Å²) >= 11 is 0. The van der Waals surface area contributed by atoms with Gasteiger partial charge in [0.1, 0.15) is 0 Å². The maximum absolute atomic E-state index is 13.0. The van der Waals surface area contributed by atoms with Gasteiger partial charge in [0, 0.05) is 29.0 Å². The number of aliphatic hydroxyl groups excluding tert-OH is 2. The van der Waals surface area contributed by atoms with Gasteiger partial charge in [-0.15, -0.1) is 0 Å². The van der Waals surface area contributed by atoms with Crippen molar-refractivity contribution in [2.24, 2.45) is 23.7 Å². The zero-order chi connectivity index (χ0) is 22.0. The number of benzene rings is 1. The van der Waals surface area contributed by atoms with E-state index in [0.717, 1.165) is 6.42 Å². The molecular weight excluding hydrogens is 378 g/mol. The molecular formula is C25H33NO4. The molecule has 1 amide bonds. The monoisotopic (exact) mass is 411 g/mol. The average molecular weight is 412 g/mol. The minimum Gasteiger partial charge on any atom is -0.391 e. The Kier molecular flexibility index (Phi) is 6.94. The van der Waals surface area contributed by atoms with Crippen molar-refractivity contribution in [3.8, 4) is 0 Å². The van der Waals surface area contributed by atoms with Crippen LogP contribution in [-0.2, 0) is 16.0 Å². The van der Waals surface area contributed by atoms with E-state index >= 15 is 0 Å². The van der Waals surface area contributed by atoms with E-state index < -0.39 is 12.2 Å². The topological polar surface area (TPSA) is 86.6 Å². The third-order valence-corrected chi connectivity index (χ3v) is 6.82. The van der Waals surface area contributed by atoms with E-state index in [9.17, 15) is 19.8 Å². The summed E-state index contributed by atoms with van der Waals surface area (Å²) in [6, 6.07) is 10.1. The molecule has 162 valence electrons. The van der Waals surface area contributed by atoms with Gasteiger partial charge >= 0.3 is 0 Å². The summed E-state index contributed by atoms with van der Waals surface area (Å²) in [4.78, 5) is 25.9. The van der Waals surface area contributed by atoms with Gasteiger partial charge in [0.15, 0.2) is 5.78 Å². The molecule has 3 N–H and O–H groups in total. The highest BCUT2D eigenvalue weighted by Crippen LogP contribution is 2.43. The standard InChI is InChI=1S/C25H33NO4/c1-14(23(28)17(4)27)9-8-12-19-22-21(15(2)16(3)24(19)29)20(26-25(22)30)13-18-10-6-5-7-11-18/h5-8,10-12,14-17,20-21,23,27-28H,9,13H2,1-4H3,(H,26,30)/t14-,15+,16+,17-,20-,21-,23-/m0/s1. The van der Waals surface area contributed by atoms with Crippen molar-refractivity contribution in [2.45, 2.75) is 58.8 Å². The molecule has 0 radical (unpaired) electrons. The highest BCUT2D eigenvalue weighted by Gasteiger charge is 2.48. The lowest BCUT2D eigenvalue weighted by molar-refractivity contribution is -0.122. The van der Waals surface area contributed by atoms with Gasteiger partial charge in [0.25, 0.3) is 0 Å². The van der Waals surface area contributed by atoms with Crippen molar-refractivity contribution >= 4 is 11.7 Å². The molecule has 0 saturated carbocycles. The molecule has 3 rings (SSSR count). The molecule has 1 heterocycles. The van der Waals surface area contributed by atoms with Gasteiger partial charge in [0.05, 0.1) is 12.2 Å². The molecule has 1 aliphatic heterocycles. The van der Waals surface area contributed by atoms with Crippen molar-refractivity contribution in [1.82, 2.24) is 5.32 Å². The Morgan fingerprint density at radius 2 is 1.77 bits per heavy atom. The molecule has 7 atom stereocenters. The number of carbonyl (C=O) groups is 2. The first-order chi connectivity index (χ1) is 14.2. The number of carbonyl (C=O) groups excluding carboxylic acids is 2. The van der Waals surface area contributed by atoms with E-state index in [0.29, 0.717) is 17.6 Å². The number of fused-ring (bicyclic) bond motifs is 1. The predicted octanol–water partition coefficient (Wildman–Crippen LogP) is 2.82. The largest absolute Gasteiger partial charge is 0.391 e. The van der Waals surface area contributed by atoms with E-state index in [1.165, 1.54) is 5.56 Å². The molecule has 30 heavy (non-hydrogen) atoms. The molecule has 1 fully saturated rings. The summed E-state index contributed by atoms with van der Waals surface area (Å²) in [6.07, 6.45) is 3.21. The Morgan fingerprint density at radius 3 is 2.40 bits per heavy atom. The fourth-order valence-corrected chi connectivity index (χ4v) is 4.78. The number of hydrogen-bond donors (Lipinski definition) is 3. The molecule has 0 unspecified atom stereocenters. The fourth-order valence-electron chi connectivity index (χ4n) is 4.78. The van der Waals surface area contributed by atoms with Crippen LogP contribution >= 0.6 is 0 Å². The lowest BCUT2D eigenvalue weighted by Gasteiger charge is -2.34. The smallest absolute Gasteiger partial charge is 0.248 e. The lowest BCUT2D eigenvalue weighted by Crippen LogP contribution is -2.39. The summed E-state index contributed by atoms with van der Waals surface area (Å²) in [5.74, 6) is -0.390. The normalized spacial score (nSPS) is 29.7. The second kappa shape index (κ2) is 9.27. The van der Waals surface area contributed by atoms with E-state index in [-0.39, 0.29) is 41.4 Å². The molecule has 5 nitrogen and oxygen atoms in total. The Morgan fingerprint density at radius 1 is 1.10 bits per heavy atom. The van der Waals surface area contributed by atoms with Crippen LogP contribution in [0, 0.1) is 23.7 Å². The van der Waals surface area contributed by atoms with E-state index in [1.807, 2.05) is 38.1 Å². The molecule has 5 heteroatoms. The first kappa shape index (κ1) is 22.4. The first-order valence-corrected chi connectivity index (χ1v) is 10.9. The van der Waals surface area contributed by atoms with Crippen molar-refractivity contribution in [1.29, 1.82) is 0 Å². The van der Waals surface area contributed by atoms with E-state index in [2.05, 4.69) is 24.4 Å². The average Bonchev–Trinajstić information content (AvgIpc) is 3.04. The molecule has 1 aliphatic carbocycles. The molecule has 1 aromatic carbocycles. The zero-order valence-corrected chi connectivity index (χ0v) is 18.2. The minimum absolute atomic E-state index is 0.00392. The van der Waals surface area contributed by atoms with Crippen LogP contribution < -0.4 is 5.32 Å². The maximum Gasteiger partial charge on any atom is 0.248 e. The molecule has 0 aromatic heterocycles. The van der Waals surface area contributed by atoms with Crippen LogP contribution in [0.5, 0.6) is 0 Å². The van der Waals surface area contributed by atoms with Gasteiger partial charge in [-0.1, -0.05) is 63.3 Å². The number of amides is 1. The van der Waals surface area contributed by atoms with Crippen LogP contribution in [0.2, 0.25) is 0 Å². The SMILES string of the molecule is C[C@H]1[C@@H]2C(=C(C=CC[C@H](C)[C@H](O)[C@H](C)O)C(=O)[C@@H]1C)C(=O)N[C@H]2Cc1ccccc1. The Bertz CT molecular complexity index is 842. The maximum atomic E-state index is 13.0. The quantitative estimate of drug-likeness (QED) is 0.644. The summed E-state index contributed by atoms with van der Waals surface area (Å²) in [5.41, 5.74) is 2.27. The molecule has 0 spiro atoms. The molecule has 0 bridgehead atoms. The van der Waals surface area contributed by atoms with Gasteiger partial charge in [-0.25, -0.2) is 0 Å². The van der Waals surface area contributed by atoms with Gasteiger partial charge in [-0.3, -0.25) is 9.59 Å². The van der Waals surface area contributed by atoms with Gasteiger partial charge in [-0.2, -0.15) is 0 Å². The molecule has 1 aromatic rings. The number of allylic oxidation sites excluding steroid dienone is 3. The van der Waals surface area contributed by atoms with Crippen molar-refractivity contribution in [2.75, 3.05) is 0 Å². The predicted molar refractivity (Wildman–Crippen MR) is 117 cm³/mol. The zero-order valence-electron chi connectivity index (χ0n) is 18.2. The van der Waals surface area contributed by atoms with Crippen LogP contribution in [-0.4, -0.2) is 40.2 Å². The van der Waals surface area contributed by atoms with E-state index in [1.54, 1.807) is 13.0 Å². The minimum atomic E-state index is -0.828. The number of hydrogen-bond acceptors (Lipinski definition) is 4. The highest BCUT2D eigenvalue weighted by atomic mass is 16.3. The lowest BCUT2D eigenvalue weighted by atomic mass is 9.68. The molecule has 2 aliphatic rings. The van der Waals surface area contributed by atoms with Crippen LogP contribution in [0.15, 0.2) is 53.6 Å². The van der Waals surface area contributed by atoms with Crippen LogP contribution in [0.4, 0.5) is 0 Å². The fraction of sp³-hybridized carbons (Fsp3) is 0.520.